The molecule has 1 aromatic carbocycles. The lowest BCUT2D eigenvalue weighted by Gasteiger charge is -2.08. The third-order valence-corrected chi connectivity index (χ3v) is 3.43. The first-order valence-electron chi connectivity index (χ1n) is 6.87. The summed E-state index contributed by atoms with van der Waals surface area (Å²) in [5.74, 6) is 1.77. The smallest absolute Gasteiger partial charge is 0.119 e. The van der Waals surface area contributed by atoms with Gasteiger partial charge in [0.1, 0.15) is 5.75 Å². The molecule has 0 bridgehead atoms. The minimum absolute atomic E-state index is 0. The number of rotatable bonds is 10. The monoisotopic (exact) mass is 303 g/mol. The Kier molecular flexibility index (Phi) is 12.4. The average Bonchev–Trinajstić information content (AvgIpc) is 2.42. The molecule has 0 saturated heterocycles. The van der Waals surface area contributed by atoms with E-state index in [9.17, 15) is 0 Å². The highest BCUT2D eigenvalue weighted by Gasteiger charge is 1.98. The molecule has 0 unspecified atom stereocenters. The van der Waals surface area contributed by atoms with Gasteiger partial charge in [-0.15, -0.1) is 12.4 Å². The zero-order chi connectivity index (χ0) is 13.1. The lowest BCUT2D eigenvalue weighted by molar-refractivity contribution is 0.304. The second-order valence-corrected chi connectivity index (χ2v) is 5.03. The second-order valence-electron chi connectivity index (χ2n) is 4.66. The Morgan fingerprint density at radius 3 is 2.32 bits per heavy atom. The van der Waals surface area contributed by atoms with Crippen molar-refractivity contribution in [2.45, 2.75) is 44.6 Å². The normalized spacial score (nSPS) is 11.7. The van der Waals surface area contributed by atoms with Crippen molar-refractivity contribution in [1.29, 1.82) is 0 Å². The van der Waals surface area contributed by atoms with Gasteiger partial charge in [0.25, 0.3) is 0 Å². The minimum atomic E-state index is 0. The highest BCUT2D eigenvalue weighted by atomic mass is 35.5. The van der Waals surface area contributed by atoms with Gasteiger partial charge in [-0.2, -0.15) is 12.6 Å². The molecule has 0 saturated carbocycles. The Hall–Kier alpha value is -0.380. The van der Waals surface area contributed by atoms with Crippen LogP contribution in [0.3, 0.4) is 0 Å². The number of hydrogen-bond acceptors (Lipinski definition) is 3. The summed E-state index contributed by atoms with van der Waals surface area (Å²) in [4.78, 5) is 0. The van der Waals surface area contributed by atoms with Gasteiger partial charge in [0, 0.05) is 11.8 Å². The number of nitrogens with two attached hydrogens (primary N) is 1. The molecule has 2 nitrogen and oxygen atoms in total. The average molecular weight is 304 g/mol. The molecule has 0 amide bonds. The first-order valence-corrected chi connectivity index (χ1v) is 7.50. The summed E-state index contributed by atoms with van der Waals surface area (Å²) in [5.41, 5.74) is 5.80. The van der Waals surface area contributed by atoms with Crippen molar-refractivity contribution in [2.75, 3.05) is 12.4 Å². The van der Waals surface area contributed by atoms with E-state index in [-0.39, 0.29) is 18.4 Å². The molecule has 0 aliphatic carbocycles. The Labute approximate surface area is 128 Å². The van der Waals surface area contributed by atoms with E-state index in [2.05, 4.69) is 12.6 Å². The number of ether oxygens (including phenoxy) is 1. The van der Waals surface area contributed by atoms with Crippen LogP contribution in [0.15, 0.2) is 30.3 Å². The zero-order valence-corrected chi connectivity index (χ0v) is 13.2. The van der Waals surface area contributed by atoms with Crippen LogP contribution in [0, 0.1) is 0 Å². The second kappa shape index (κ2) is 12.6. The highest BCUT2D eigenvalue weighted by Crippen LogP contribution is 2.11. The molecule has 0 heterocycles. The van der Waals surface area contributed by atoms with Crippen LogP contribution >= 0.6 is 25.0 Å². The fourth-order valence-electron chi connectivity index (χ4n) is 1.84. The number of unbranched alkanes of at least 4 members (excludes halogenated alkanes) is 4. The third-order valence-electron chi connectivity index (χ3n) is 2.97. The molecule has 2 N–H and O–H groups in total. The summed E-state index contributed by atoms with van der Waals surface area (Å²) < 4.78 is 5.64. The van der Waals surface area contributed by atoms with Gasteiger partial charge in [-0.25, -0.2) is 0 Å². The molecule has 110 valence electrons. The third kappa shape index (κ3) is 10.1. The van der Waals surface area contributed by atoms with E-state index in [4.69, 9.17) is 10.5 Å². The van der Waals surface area contributed by atoms with Crippen LogP contribution in [0.25, 0.3) is 0 Å². The molecule has 1 rings (SSSR count). The maximum Gasteiger partial charge on any atom is 0.119 e. The SMILES string of the molecule is Cl.N[C@H](CS)CCCCCCCOc1ccccc1. The van der Waals surface area contributed by atoms with Crippen molar-refractivity contribution >= 4 is 25.0 Å². The van der Waals surface area contributed by atoms with E-state index < -0.39 is 0 Å². The summed E-state index contributed by atoms with van der Waals surface area (Å²) in [6.07, 6.45) is 7.24. The predicted octanol–water partition coefficient (Wildman–Crippen LogP) is 4.08. The Bertz CT molecular complexity index is 297. The van der Waals surface area contributed by atoms with Crippen LogP contribution in [-0.4, -0.2) is 18.4 Å². The van der Waals surface area contributed by atoms with E-state index >= 15 is 0 Å². The Morgan fingerprint density at radius 2 is 1.63 bits per heavy atom. The largest absolute Gasteiger partial charge is 0.494 e. The fourth-order valence-corrected chi connectivity index (χ4v) is 2.02. The summed E-state index contributed by atoms with van der Waals surface area (Å²) in [6.45, 7) is 0.820. The topological polar surface area (TPSA) is 35.2 Å². The number of para-hydroxylation sites is 1. The van der Waals surface area contributed by atoms with E-state index in [1.165, 1.54) is 25.7 Å². The summed E-state index contributed by atoms with van der Waals surface area (Å²) in [5, 5.41) is 0. The van der Waals surface area contributed by atoms with Gasteiger partial charge >= 0.3 is 0 Å². The standard InChI is InChI=1S/C15H25NOS.ClH/c16-14(13-18)9-5-2-1-3-8-12-17-15-10-6-4-7-11-15;/h4,6-7,10-11,14,18H,1-3,5,8-9,12-13,16H2;1H/t14-;/m0./s1. The maximum absolute atomic E-state index is 5.80. The van der Waals surface area contributed by atoms with Crippen molar-refractivity contribution in [3.8, 4) is 5.75 Å². The van der Waals surface area contributed by atoms with Crippen molar-refractivity contribution in [3.63, 3.8) is 0 Å². The van der Waals surface area contributed by atoms with Crippen molar-refractivity contribution in [3.05, 3.63) is 30.3 Å². The van der Waals surface area contributed by atoms with E-state index in [0.717, 1.165) is 31.0 Å². The number of halogens is 1. The minimum Gasteiger partial charge on any atom is -0.494 e. The van der Waals surface area contributed by atoms with Gasteiger partial charge in [0.15, 0.2) is 0 Å². The van der Waals surface area contributed by atoms with Gasteiger partial charge in [-0.05, 0) is 25.0 Å². The van der Waals surface area contributed by atoms with Crippen molar-refractivity contribution in [2.24, 2.45) is 5.73 Å². The Morgan fingerprint density at radius 1 is 1.00 bits per heavy atom. The molecule has 0 radical (unpaired) electrons. The lowest BCUT2D eigenvalue weighted by atomic mass is 10.1. The fraction of sp³-hybridized carbons (Fsp3) is 0.600. The molecule has 4 heteroatoms. The van der Waals surface area contributed by atoms with Crippen LogP contribution in [0.5, 0.6) is 5.75 Å². The molecule has 1 atom stereocenters. The predicted molar refractivity (Wildman–Crippen MR) is 88.7 cm³/mol. The van der Waals surface area contributed by atoms with E-state index in [1.54, 1.807) is 0 Å². The molecular formula is C15H26ClNOS. The molecule has 0 aromatic heterocycles. The maximum atomic E-state index is 5.80. The van der Waals surface area contributed by atoms with E-state index in [0.29, 0.717) is 0 Å². The first-order chi connectivity index (χ1) is 8.83. The van der Waals surface area contributed by atoms with Gasteiger partial charge in [0.2, 0.25) is 0 Å². The molecule has 19 heavy (non-hydrogen) atoms. The van der Waals surface area contributed by atoms with Crippen LogP contribution in [0.2, 0.25) is 0 Å². The number of thiol groups is 1. The van der Waals surface area contributed by atoms with Crippen molar-refractivity contribution < 1.29 is 4.74 Å². The number of hydrogen-bond donors (Lipinski definition) is 2. The van der Waals surface area contributed by atoms with Crippen molar-refractivity contribution in [1.82, 2.24) is 0 Å². The molecule has 0 spiro atoms. The van der Waals surface area contributed by atoms with Gasteiger partial charge in [-0.1, -0.05) is 43.9 Å². The first kappa shape index (κ1) is 18.6. The molecular weight excluding hydrogens is 278 g/mol. The Balaban J connectivity index is 0.00000324. The van der Waals surface area contributed by atoms with Gasteiger partial charge in [-0.3, -0.25) is 0 Å². The van der Waals surface area contributed by atoms with Crippen LogP contribution in [0.1, 0.15) is 38.5 Å². The van der Waals surface area contributed by atoms with Crippen LogP contribution < -0.4 is 10.5 Å². The quantitative estimate of drug-likeness (QED) is 0.504. The van der Waals surface area contributed by atoms with Gasteiger partial charge < -0.3 is 10.5 Å². The van der Waals surface area contributed by atoms with Crippen LogP contribution in [-0.2, 0) is 0 Å². The lowest BCUT2D eigenvalue weighted by Crippen LogP contribution is -2.21. The molecule has 0 fully saturated rings. The van der Waals surface area contributed by atoms with Crippen LogP contribution in [0.4, 0.5) is 0 Å². The molecule has 0 aliphatic rings. The van der Waals surface area contributed by atoms with E-state index in [1.807, 2.05) is 30.3 Å². The summed E-state index contributed by atoms with van der Waals surface area (Å²) in [7, 11) is 0. The van der Waals surface area contributed by atoms with Gasteiger partial charge in [0.05, 0.1) is 6.61 Å². The highest BCUT2D eigenvalue weighted by molar-refractivity contribution is 7.80. The summed E-state index contributed by atoms with van der Waals surface area (Å²) in [6, 6.07) is 10.3. The zero-order valence-electron chi connectivity index (χ0n) is 11.5. The number of benzene rings is 1. The molecule has 0 aliphatic heterocycles. The summed E-state index contributed by atoms with van der Waals surface area (Å²) >= 11 is 4.18. The molecule has 1 aromatic rings.